The largest absolute Gasteiger partial charge is 0.343 e. The minimum absolute atomic E-state index is 0.0821. The topological polar surface area (TPSA) is 65.7 Å². The third-order valence-corrected chi connectivity index (χ3v) is 11.7. The van der Waals surface area contributed by atoms with Crippen LogP contribution < -0.4 is 0 Å². The number of piperidine rings is 2. The summed E-state index contributed by atoms with van der Waals surface area (Å²) in [5, 5.41) is 4.14. The normalized spacial score (nSPS) is 38.4. The molecule has 7 atom stereocenters. The van der Waals surface area contributed by atoms with E-state index >= 15 is 8.78 Å². The van der Waals surface area contributed by atoms with E-state index in [1.54, 1.807) is 4.90 Å². The SMILES string of the molecule is CN(CC1CC1)C1CC2CC[C@@H](C1)N2[C@H]1CCCC(F)(F)[C@@H]1CC(=O)N1CCC(C)(c2noc([C@@H]3C[C@@H]3F)n2)CC1. The standard InChI is InChI=1S/C31H46F3N5O2/c1-30(29-35-28(41-36-29)23-16-25(23)32)10-12-38(13-11-30)27(40)17-24-26(4-3-9-31(24,33)34)39-20-7-8-21(39)15-22(14-20)37(2)18-19-5-6-19/h19-26H,3-18H2,1-2H3/t20-,21?,22?,23+,24+,25-,26-/m0/s1. The first-order valence-corrected chi connectivity index (χ1v) is 16.2. The van der Waals surface area contributed by atoms with Crippen LogP contribution in [-0.2, 0) is 10.2 Å². The molecule has 3 saturated carbocycles. The summed E-state index contributed by atoms with van der Waals surface area (Å²) in [4.78, 5) is 24.8. The lowest BCUT2D eigenvalue weighted by Crippen LogP contribution is -2.59. The molecule has 1 aromatic heterocycles. The Kier molecular flexibility index (Phi) is 7.19. The van der Waals surface area contributed by atoms with Crippen LogP contribution in [0, 0.1) is 11.8 Å². The van der Waals surface area contributed by atoms with Crippen molar-refractivity contribution in [1.29, 1.82) is 0 Å². The van der Waals surface area contributed by atoms with Crippen molar-refractivity contribution in [2.24, 2.45) is 11.8 Å². The zero-order chi connectivity index (χ0) is 28.5. The Bertz CT molecular complexity index is 1100. The molecule has 6 aliphatic rings. The summed E-state index contributed by atoms with van der Waals surface area (Å²) in [6, 6.07) is 1.05. The monoisotopic (exact) mass is 577 g/mol. The van der Waals surface area contributed by atoms with Crippen molar-refractivity contribution in [1.82, 2.24) is 24.8 Å². The number of nitrogens with zero attached hydrogens (tertiary/aromatic N) is 5. The van der Waals surface area contributed by atoms with Gasteiger partial charge in [-0.15, -0.1) is 0 Å². The number of hydrogen-bond donors (Lipinski definition) is 0. The van der Waals surface area contributed by atoms with E-state index in [1.165, 1.54) is 19.4 Å². The number of carbonyl (C=O) groups excluding carboxylic acids is 1. The van der Waals surface area contributed by atoms with Crippen molar-refractivity contribution in [2.75, 3.05) is 26.7 Å². The van der Waals surface area contributed by atoms with E-state index in [0.29, 0.717) is 68.6 Å². The van der Waals surface area contributed by atoms with Gasteiger partial charge in [-0.2, -0.15) is 4.98 Å². The number of likely N-dealkylation sites (tertiary alicyclic amines) is 1. The molecule has 41 heavy (non-hydrogen) atoms. The minimum Gasteiger partial charge on any atom is -0.343 e. The van der Waals surface area contributed by atoms with Gasteiger partial charge in [0.2, 0.25) is 11.8 Å². The Morgan fingerprint density at radius 2 is 1.73 bits per heavy atom. The van der Waals surface area contributed by atoms with Crippen molar-refractivity contribution in [3.05, 3.63) is 11.7 Å². The molecule has 0 radical (unpaired) electrons. The van der Waals surface area contributed by atoms with Gasteiger partial charge in [0.25, 0.3) is 5.92 Å². The van der Waals surface area contributed by atoms with Crippen molar-refractivity contribution >= 4 is 5.91 Å². The van der Waals surface area contributed by atoms with E-state index in [2.05, 4.69) is 33.9 Å². The van der Waals surface area contributed by atoms with Gasteiger partial charge in [0.1, 0.15) is 6.17 Å². The zero-order valence-corrected chi connectivity index (χ0v) is 24.6. The van der Waals surface area contributed by atoms with Gasteiger partial charge in [-0.05, 0) is 83.6 Å². The van der Waals surface area contributed by atoms with Crippen LogP contribution in [0.15, 0.2) is 4.52 Å². The second-order valence-electron chi connectivity index (χ2n) is 14.6. The van der Waals surface area contributed by atoms with Gasteiger partial charge < -0.3 is 14.3 Å². The third-order valence-electron chi connectivity index (χ3n) is 11.7. The molecule has 0 spiro atoms. The summed E-state index contributed by atoms with van der Waals surface area (Å²) in [5.74, 6) is -2.39. The fourth-order valence-corrected chi connectivity index (χ4v) is 8.64. The summed E-state index contributed by atoms with van der Waals surface area (Å²) in [6.45, 7) is 4.20. The van der Waals surface area contributed by atoms with Crippen LogP contribution in [0.3, 0.4) is 0 Å². The molecule has 7 nitrogen and oxygen atoms in total. The Hall–Kier alpha value is -1.68. The van der Waals surface area contributed by atoms with Crippen molar-refractivity contribution in [3.63, 3.8) is 0 Å². The molecule has 3 aliphatic heterocycles. The van der Waals surface area contributed by atoms with Gasteiger partial charge in [0.05, 0.1) is 5.92 Å². The lowest BCUT2D eigenvalue weighted by molar-refractivity contribution is -0.154. The highest BCUT2D eigenvalue weighted by molar-refractivity contribution is 5.77. The van der Waals surface area contributed by atoms with Crippen LogP contribution in [0.2, 0.25) is 0 Å². The fourth-order valence-electron chi connectivity index (χ4n) is 8.64. The molecule has 1 amide bonds. The van der Waals surface area contributed by atoms with E-state index in [0.717, 1.165) is 38.0 Å². The molecule has 3 aliphatic carbocycles. The molecule has 4 heterocycles. The second kappa shape index (κ2) is 10.5. The number of fused-ring (bicyclic) bond motifs is 2. The number of rotatable bonds is 8. The molecule has 3 saturated heterocycles. The Morgan fingerprint density at radius 1 is 1.05 bits per heavy atom. The van der Waals surface area contributed by atoms with Gasteiger partial charge in [-0.1, -0.05) is 12.1 Å². The second-order valence-corrected chi connectivity index (χ2v) is 14.6. The van der Waals surface area contributed by atoms with Gasteiger partial charge in [0, 0.05) is 68.0 Å². The van der Waals surface area contributed by atoms with Gasteiger partial charge >= 0.3 is 0 Å². The molecule has 10 heteroatoms. The van der Waals surface area contributed by atoms with Crippen molar-refractivity contribution in [3.8, 4) is 0 Å². The molecular weight excluding hydrogens is 531 g/mol. The first-order chi connectivity index (χ1) is 19.6. The van der Waals surface area contributed by atoms with Crippen LogP contribution in [0.1, 0.15) is 108 Å². The molecule has 228 valence electrons. The van der Waals surface area contributed by atoms with Gasteiger partial charge in [-0.3, -0.25) is 9.69 Å². The third kappa shape index (κ3) is 5.45. The van der Waals surface area contributed by atoms with E-state index in [1.807, 2.05) is 0 Å². The smallest absolute Gasteiger partial charge is 0.252 e. The molecular formula is C31H46F3N5O2. The average Bonchev–Trinajstić information content (AvgIpc) is 3.82. The highest BCUT2D eigenvalue weighted by Gasteiger charge is 2.55. The molecule has 6 fully saturated rings. The van der Waals surface area contributed by atoms with Crippen LogP contribution in [0.25, 0.3) is 0 Å². The van der Waals surface area contributed by atoms with Crippen LogP contribution in [0.5, 0.6) is 0 Å². The highest BCUT2D eigenvalue weighted by Crippen LogP contribution is 2.49. The number of amides is 1. The quantitative estimate of drug-likeness (QED) is 0.418. The summed E-state index contributed by atoms with van der Waals surface area (Å²) in [7, 11) is 2.25. The van der Waals surface area contributed by atoms with E-state index in [9.17, 15) is 9.18 Å². The summed E-state index contributed by atoms with van der Waals surface area (Å²) < 4.78 is 50.0. The zero-order valence-electron chi connectivity index (χ0n) is 24.6. The van der Waals surface area contributed by atoms with Crippen molar-refractivity contribution in [2.45, 2.75) is 138 Å². The summed E-state index contributed by atoms with van der Waals surface area (Å²) in [6.07, 6.45) is 8.92. The van der Waals surface area contributed by atoms with Crippen LogP contribution >= 0.6 is 0 Å². The lowest BCUT2D eigenvalue weighted by atomic mass is 9.76. The Labute approximate surface area is 241 Å². The van der Waals surface area contributed by atoms with Crippen LogP contribution in [0.4, 0.5) is 13.2 Å². The summed E-state index contributed by atoms with van der Waals surface area (Å²) in [5.41, 5.74) is -0.368. The predicted molar refractivity (Wildman–Crippen MR) is 147 cm³/mol. The maximum absolute atomic E-state index is 15.6. The maximum atomic E-state index is 15.6. The minimum atomic E-state index is -2.82. The number of aromatic nitrogens is 2. The maximum Gasteiger partial charge on any atom is 0.252 e. The average molecular weight is 578 g/mol. The molecule has 0 aromatic carbocycles. The Morgan fingerprint density at radius 3 is 2.37 bits per heavy atom. The summed E-state index contributed by atoms with van der Waals surface area (Å²) >= 11 is 0. The van der Waals surface area contributed by atoms with E-state index in [-0.39, 0.29) is 36.1 Å². The molecule has 0 N–H and O–H groups in total. The Balaban J connectivity index is 0.994. The molecule has 2 bridgehead atoms. The fraction of sp³-hybridized carbons (Fsp3) is 0.903. The highest BCUT2D eigenvalue weighted by atomic mass is 19.3. The number of hydrogen-bond acceptors (Lipinski definition) is 6. The molecule has 7 rings (SSSR count). The van der Waals surface area contributed by atoms with Crippen molar-refractivity contribution < 1.29 is 22.5 Å². The van der Waals surface area contributed by atoms with E-state index < -0.39 is 18.0 Å². The predicted octanol–water partition coefficient (Wildman–Crippen LogP) is 5.31. The van der Waals surface area contributed by atoms with Crippen LogP contribution in [-0.4, -0.2) is 93.7 Å². The first kappa shape index (κ1) is 28.1. The molecule has 2 unspecified atom stereocenters. The van der Waals surface area contributed by atoms with Gasteiger partial charge in [0.15, 0.2) is 5.82 Å². The number of halogens is 3. The lowest BCUT2D eigenvalue weighted by Gasteiger charge is -2.51. The first-order valence-electron chi connectivity index (χ1n) is 16.2. The molecule has 1 aromatic rings. The number of alkyl halides is 3. The van der Waals surface area contributed by atoms with E-state index in [4.69, 9.17) is 4.52 Å². The number of carbonyl (C=O) groups is 1. The van der Waals surface area contributed by atoms with Gasteiger partial charge in [-0.25, -0.2) is 13.2 Å².